The summed E-state index contributed by atoms with van der Waals surface area (Å²) in [6, 6.07) is 8.22. The number of fused-ring (bicyclic) bond motifs is 1. The molecule has 28 heavy (non-hydrogen) atoms. The van der Waals surface area contributed by atoms with Crippen LogP contribution in [-0.4, -0.2) is 18.9 Å². The molecule has 6 nitrogen and oxygen atoms in total. The normalized spacial score (nSPS) is 10.8. The fraction of sp³-hybridized carbons (Fsp3) is 0.286. The first-order valence-corrected chi connectivity index (χ1v) is 9.55. The first-order valence-electron chi connectivity index (χ1n) is 8.74. The number of benzene rings is 1. The number of aryl methyl sites for hydroxylation is 2. The van der Waals surface area contributed by atoms with Crippen molar-refractivity contribution in [2.75, 3.05) is 7.11 Å². The molecule has 0 atom stereocenters. The van der Waals surface area contributed by atoms with Gasteiger partial charge in [-0.2, -0.15) is 0 Å². The maximum absolute atomic E-state index is 12.3. The van der Waals surface area contributed by atoms with Crippen molar-refractivity contribution in [3.8, 4) is 5.75 Å². The third-order valence-corrected chi connectivity index (χ3v) is 5.29. The van der Waals surface area contributed by atoms with E-state index in [1.54, 1.807) is 29.5 Å². The van der Waals surface area contributed by atoms with Crippen molar-refractivity contribution in [2.45, 2.75) is 33.3 Å². The summed E-state index contributed by atoms with van der Waals surface area (Å²) in [5.41, 5.74) is 1.02. The molecule has 0 unspecified atom stereocenters. The van der Waals surface area contributed by atoms with E-state index in [0.29, 0.717) is 27.8 Å². The fourth-order valence-electron chi connectivity index (χ4n) is 2.94. The van der Waals surface area contributed by atoms with Gasteiger partial charge >= 0.3 is 11.6 Å². The van der Waals surface area contributed by atoms with E-state index < -0.39 is 11.6 Å². The molecular weight excluding hydrogens is 380 g/mol. The highest BCUT2D eigenvalue weighted by Crippen LogP contribution is 2.24. The van der Waals surface area contributed by atoms with Crippen LogP contribution in [0.25, 0.3) is 11.0 Å². The molecule has 0 N–H and O–H groups in total. The van der Waals surface area contributed by atoms with Gasteiger partial charge in [0.05, 0.1) is 13.5 Å². The summed E-state index contributed by atoms with van der Waals surface area (Å²) in [5, 5.41) is 0.661. The average Bonchev–Trinajstić information content (AvgIpc) is 3.01. The number of hydrogen-bond donors (Lipinski definition) is 0. The van der Waals surface area contributed by atoms with Crippen molar-refractivity contribution in [3.63, 3.8) is 0 Å². The Kier molecular flexibility index (Phi) is 5.94. The molecule has 0 amide bonds. The van der Waals surface area contributed by atoms with Gasteiger partial charge in [-0.25, -0.2) is 4.79 Å². The summed E-state index contributed by atoms with van der Waals surface area (Å²) < 4.78 is 15.6. The van der Waals surface area contributed by atoms with E-state index in [1.165, 1.54) is 13.2 Å². The number of carbonyl (C=O) groups is 2. The van der Waals surface area contributed by atoms with Gasteiger partial charge in [-0.05, 0) is 32.0 Å². The molecule has 0 spiro atoms. The third-order valence-electron chi connectivity index (χ3n) is 4.32. The second-order valence-electron chi connectivity index (χ2n) is 6.36. The van der Waals surface area contributed by atoms with E-state index in [9.17, 15) is 14.4 Å². The number of Topliss-reactive ketones (excluding diaryl/α,β-unsaturated/α-hetero) is 1. The monoisotopic (exact) mass is 400 g/mol. The molecule has 0 aliphatic rings. The lowest BCUT2D eigenvalue weighted by Gasteiger charge is -2.08. The van der Waals surface area contributed by atoms with Crippen molar-refractivity contribution < 1.29 is 23.5 Å². The Morgan fingerprint density at radius 3 is 2.57 bits per heavy atom. The van der Waals surface area contributed by atoms with Gasteiger partial charge in [0.1, 0.15) is 17.9 Å². The number of carbonyl (C=O) groups excluding carboxylic acids is 2. The molecule has 0 radical (unpaired) electrons. The summed E-state index contributed by atoms with van der Waals surface area (Å²) in [6.45, 7) is 3.77. The highest BCUT2D eigenvalue weighted by Gasteiger charge is 2.15. The van der Waals surface area contributed by atoms with Gasteiger partial charge in [-0.15, -0.1) is 11.3 Å². The molecule has 0 saturated heterocycles. The number of thiophene rings is 1. The van der Waals surface area contributed by atoms with Gasteiger partial charge in [0, 0.05) is 44.8 Å². The van der Waals surface area contributed by atoms with Crippen LogP contribution in [0.5, 0.6) is 5.75 Å². The van der Waals surface area contributed by atoms with Crippen molar-refractivity contribution in [3.05, 3.63) is 61.6 Å². The molecule has 3 aromatic rings. The van der Waals surface area contributed by atoms with E-state index in [1.807, 2.05) is 19.9 Å². The zero-order valence-corrected chi connectivity index (χ0v) is 16.7. The topological polar surface area (TPSA) is 82.8 Å². The number of hydrogen-bond acceptors (Lipinski definition) is 7. The van der Waals surface area contributed by atoms with Gasteiger partial charge in [0.2, 0.25) is 0 Å². The molecule has 0 bridgehead atoms. The predicted molar refractivity (Wildman–Crippen MR) is 106 cm³/mol. The van der Waals surface area contributed by atoms with Crippen molar-refractivity contribution in [1.29, 1.82) is 0 Å². The predicted octanol–water partition coefficient (Wildman–Crippen LogP) is 4.19. The Morgan fingerprint density at radius 1 is 1.11 bits per heavy atom. The lowest BCUT2D eigenvalue weighted by Crippen LogP contribution is -2.10. The Hall–Kier alpha value is -2.93. The lowest BCUT2D eigenvalue weighted by molar-refractivity contribution is -0.144. The summed E-state index contributed by atoms with van der Waals surface area (Å²) >= 11 is 1.56. The van der Waals surface area contributed by atoms with Crippen LogP contribution in [0.1, 0.15) is 38.5 Å². The highest BCUT2D eigenvalue weighted by molar-refractivity contribution is 7.12. The average molecular weight is 400 g/mol. The van der Waals surface area contributed by atoms with Crippen LogP contribution in [0.15, 0.2) is 39.5 Å². The molecule has 0 saturated carbocycles. The summed E-state index contributed by atoms with van der Waals surface area (Å²) in [6.07, 6.45) is 0.0745. The van der Waals surface area contributed by atoms with Gasteiger partial charge in [0.15, 0.2) is 5.78 Å². The molecule has 7 heteroatoms. The minimum absolute atomic E-state index is 0.0135. The van der Waals surface area contributed by atoms with Crippen molar-refractivity contribution in [1.82, 2.24) is 0 Å². The smallest absolute Gasteiger partial charge is 0.336 e. The number of ether oxygens (including phenoxy) is 2. The Labute approximate surface area is 165 Å². The maximum Gasteiger partial charge on any atom is 0.336 e. The third kappa shape index (κ3) is 4.48. The van der Waals surface area contributed by atoms with Gasteiger partial charge in [-0.1, -0.05) is 0 Å². The van der Waals surface area contributed by atoms with E-state index in [0.717, 1.165) is 9.75 Å². The number of esters is 1. The number of methoxy groups -OCH3 is 1. The van der Waals surface area contributed by atoms with Crippen LogP contribution in [0.4, 0.5) is 0 Å². The molecule has 2 aromatic heterocycles. The van der Waals surface area contributed by atoms with Crippen molar-refractivity contribution in [2.24, 2.45) is 0 Å². The van der Waals surface area contributed by atoms with E-state index >= 15 is 0 Å². The molecule has 1 aromatic carbocycles. The van der Waals surface area contributed by atoms with E-state index in [4.69, 9.17) is 13.9 Å². The molecule has 0 aliphatic heterocycles. The second kappa shape index (κ2) is 8.39. The van der Waals surface area contributed by atoms with Crippen LogP contribution >= 0.6 is 11.3 Å². The molecule has 3 rings (SSSR count). The Balaban J connectivity index is 1.64. The van der Waals surface area contributed by atoms with Crippen LogP contribution in [0.3, 0.4) is 0 Å². The zero-order valence-electron chi connectivity index (χ0n) is 15.9. The highest BCUT2D eigenvalue weighted by atomic mass is 32.1. The molecule has 0 fully saturated rings. The standard InChI is InChI=1S/C21H20O6S/c1-12-8-17(13(2)28-12)18(22)6-7-20(23)26-11-14-9-21(24)27-19-10-15(25-3)4-5-16(14)19/h4-5,8-10H,6-7,11H2,1-3H3. The van der Waals surface area contributed by atoms with Gasteiger partial charge < -0.3 is 13.9 Å². The molecule has 146 valence electrons. The van der Waals surface area contributed by atoms with Crippen LogP contribution in [0.2, 0.25) is 0 Å². The minimum Gasteiger partial charge on any atom is -0.497 e. The zero-order chi connectivity index (χ0) is 20.3. The van der Waals surface area contributed by atoms with Gasteiger partial charge in [0.25, 0.3) is 0 Å². The summed E-state index contributed by atoms with van der Waals surface area (Å²) in [7, 11) is 1.52. The van der Waals surface area contributed by atoms with Crippen molar-refractivity contribution >= 4 is 34.1 Å². The van der Waals surface area contributed by atoms with Crippen LogP contribution in [0, 0.1) is 13.8 Å². The summed E-state index contributed by atoms with van der Waals surface area (Å²) in [4.78, 5) is 38.1. The lowest BCUT2D eigenvalue weighted by atomic mass is 10.1. The maximum atomic E-state index is 12.3. The second-order valence-corrected chi connectivity index (χ2v) is 7.82. The first-order chi connectivity index (χ1) is 13.4. The van der Waals surface area contributed by atoms with E-state index in [-0.39, 0.29) is 25.2 Å². The Bertz CT molecular complexity index is 1090. The fourth-order valence-corrected chi connectivity index (χ4v) is 3.89. The number of rotatable bonds is 7. The van der Waals surface area contributed by atoms with E-state index in [2.05, 4.69) is 0 Å². The largest absolute Gasteiger partial charge is 0.497 e. The molecule has 2 heterocycles. The molecule has 0 aliphatic carbocycles. The van der Waals surface area contributed by atoms with Gasteiger partial charge in [-0.3, -0.25) is 9.59 Å². The first kappa shape index (κ1) is 19.8. The minimum atomic E-state index is -0.537. The number of ketones is 1. The van der Waals surface area contributed by atoms with Crippen LogP contribution in [-0.2, 0) is 16.1 Å². The summed E-state index contributed by atoms with van der Waals surface area (Å²) in [5.74, 6) is -0.00757. The SMILES string of the molecule is COc1ccc2c(COC(=O)CCC(=O)c3cc(C)sc3C)cc(=O)oc2c1. The quantitative estimate of drug-likeness (QED) is 0.336. The molecular formula is C21H20O6S. The van der Waals surface area contributed by atoms with Crippen LogP contribution < -0.4 is 10.4 Å². The Morgan fingerprint density at radius 2 is 1.89 bits per heavy atom.